The highest BCUT2D eigenvalue weighted by molar-refractivity contribution is 5.32. The van der Waals surface area contributed by atoms with Crippen molar-refractivity contribution in [2.75, 3.05) is 13.2 Å². The molecule has 1 fully saturated rings. The number of benzene rings is 1. The molecule has 0 amide bonds. The van der Waals surface area contributed by atoms with Gasteiger partial charge in [-0.15, -0.1) is 0 Å². The second kappa shape index (κ2) is 6.73. The standard InChI is InChI=1S/C18H27NO/c1-2-19-17(13-14-7-3-4-8-14)18-16-10-6-5-9-15(16)11-12-20-18/h5-6,9-10,14,17-19H,2-4,7-8,11-13H2,1H3. The third kappa shape index (κ3) is 3.07. The maximum Gasteiger partial charge on any atom is 0.0980 e. The highest BCUT2D eigenvalue weighted by atomic mass is 16.5. The number of likely N-dealkylation sites (N-methyl/N-ethyl adjacent to an activating group) is 1. The molecule has 2 aliphatic rings. The average molecular weight is 273 g/mol. The Labute approximate surface area is 122 Å². The van der Waals surface area contributed by atoms with Crippen molar-refractivity contribution in [2.45, 2.75) is 57.6 Å². The summed E-state index contributed by atoms with van der Waals surface area (Å²) in [4.78, 5) is 0. The lowest BCUT2D eigenvalue weighted by molar-refractivity contribution is 0.00981. The van der Waals surface area contributed by atoms with Gasteiger partial charge in [-0.1, -0.05) is 56.9 Å². The van der Waals surface area contributed by atoms with Gasteiger partial charge in [0.15, 0.2) is 0 Å². The first-order valence-electron chi connectivity index (χ1n) is 8.31. The fourth-order valence-electron chi connectivity index (χ4n) is 3.94. The topological polar surface area (TPSA) is 21.3 Å². The monoisotopic (exact) mass is 273 g/mol. The molecule has 110 valence electrons. The molecular weight excluding hydrogens is 246 g/mol. The van der Waals surface area contributed by atoms with E-state index in [1.165, 1.54) is 43.2 Å². The minimum absolute atomic E-state index is 0.250. The van der Waals surface area contributed by atoms with Crippen LogP contribution in [-0.4, -0.2) is 19.2 Å². The first-order chi connectivity index (χ1) is 9.88. The molecule has 0 spiro atoms. The summed E-state index contributed by atoms with van der Waals surface area (Å²) in [5, 5.41) is 3.70. The van der Waals surface area contributed by atoms with E-state index in [1.807, 2.05) is 0 Å². The Bertz CT molecular complexity index is 425. The summed E-state index contributed by atoms with van der Waals surface area (Å²) < 4.78 is 6.17. The molecule has 0 saturated heterocycles. The Morgan fingerprint density at radius 2 is 2.05 bits per heavy atom. The van der Waals surface area contributed by atoms with Crippen molar-refractivity contribution < 1.29 is 4.74 Å². The van der Waals surface area contributed by atoms with Crippen molar-refractivity contribution >= 4 is 0 Å². The molecule has 0 radical (unpaired) electrons. The molecule has 2 unspecified atom stereocenters. The summed E-state index contributed by atoms with van der Waals surface area (Å²) >= 11 is 0. The molecule has 0 aromatic heterocycles. The lowest BCUT2D eigenvalue weighted by atomic mass is 9.88. The van der Waals surface area contributed by atoms with Crippen molar-refractivity contribution in [1.29, 1.82) is 0 Å². The molecule has 1 aromatic rings. The molecule has 1 saturated carbocycles. The van der Waals surface area contributed by atoms with Crippen LogP contribution in [0.2, 0.25) is 0 Å². The number of hydrogen-bond acceptors (Lipinski definition) is 2. The Balaban J connectivity index is 1.76. The van der Waals surface area contributed by atoms with Crippen molar-refractivity contribution in [3.63, 3.8) is 0 Å². The molecule has 2 nitrogen and oxygen atoms in total. The van der Waals surface area contributed by atoms with Crippen LogP contribution >= 0.6 is 0 Å². The molecule has 1 aliphatic heterocycles. The van der Waals surface area contributed by atoms with Crippen LogP contribution in [0.25, 0.3) is 0 Å². The van der Waals surface area contributed by atoms with Crippen LogP contribution in [0.15, 0.2) is 24.3 Å². The van der Waals surface area contributed by atoms with Crippen molar-refractivity contribution in [1.82, 2.24) is 5.32 Å². The maximum atomic E-state index is 6.17. The zero-order valence-electron chi connectivity index (χ0n) is 12.6. The molecular formula is C18H27NO. The predicted molar refractivity (Wildman–Crippen MR) is 82.9 cm³/mol. The fraction of sp³-hybridized carbons (Fsp3) is 0.667. The number of fused-ring (bicyclic) bond motifs is 1. The minimum Gasteiger partial charge on any atom is -0.372 e. The van der Waals surface area contributed by atoms with E-state index in [2.05, 4.69) is 36.5 Å². The number of rotatable bonds is 5. The summed E-state index contributed by atoms with van der Waals surface area (Å²) in [6, 6.07) is 9.31. The highest BCUT2D eigenvalue weighted by Crippen LogP contribution is 2.35. The zero-order valence-corrected chi connectivity index (χ0v) is 12.6. The first kappa shape index (κ1) is 14.1. The molecule has 0 bridgehead atoms. The Hall–Kier alpha value is -0.860. The van der Waals surface area contributed by atoms with Gasteiger partial charge in [-0.2, -0.15) is 0 Å². The SMILES string of the molecule is CCNC(CC1CCCC1)C1OCCc2ccccc21. The number of hydrogen-bond donors (Lipinski definition) is 1. The van der Waals surface area contributed by atoms with Gasteiger partial charge in [-0.3, -0.25) is 0 Å². The van der Waals surface area contributed by atoms with E-state index < -0.39 is 0 Å². The predicted octanol–water partition coefficient (Wildman–Crippen LogP) is 3.86. The fourth-order valence-corrected chi connectivity index (χ4v) is 3.94. The van der Waals surface area contributed by atoms with E-state index >= 15 is 0 Å². The normalized spacial score (nSPS) is 24.6. The third-order valence-corrected chi connectivity index (χ3v) is 4.92. The van der Waals surface area contributed by atoms with Crippen LogP contribution < -0.4 is 5.32 Å². The van der Waals surface area contributed by atoms with Crippen LogP contribution in [0.1, 0.15) is 56.3 Å². The lowest BCUT2D eigenvalue weighted by Crippen LogP contribution is -2.39. The van der Waals surface area contributed by atoms with E-state index in [-0.39, 0.29) is 6.10 Å². The Morgan fingerprint density at radius 3 is 2.85 bits per heavy atom. The van der Waals surface area contributed by atoms with Gasteiger partial charge in [0.2, 0.25) is 0 Å². The average Bonchev–Trinajstić information content (AvgIpc) is 2.99. The molecule has 2 heteroatoms. The second-order valence-corrected chi connectivity index (χ2v) is 6.29. The molecule has 3 rings (SSSR count). The number of ether oxygens (including phenoxy) is 1. The van der Waals surface area contributed by atoms with Crippen molar-refractivity contribution in [2.24, 2.45) is 5.92 Å². The minimum atomic E-state index is 0.250. The van der Waals surface area contributed by atoms with Gasteiger partial charge < -0.3 is 10.1 Å². The second-order valence-electron chi connectivity index (χ2n) is 6.29. The van der Waals surface area contributed by atoms with Gasteiger partial charge in [-0.25, -0.2) is 0 Å². The molecule has 2 atom stereocenters. The summed E-state index contributed by atoms with van der Waals surface area (Å²) in [6.07, 6.45) is 8.26. The lowest BCUT2D eigenvalue weighted by Gasteiger charge is -2.34. The molecule has 1 N–H and O–H groups in total. The van der Waals surface area contributed by atoms with E-state index in [9.17, 15) is 0 Å². The quantitative estimate of drug-likeness (QED) is 0.879. The highest BCUT2D eigenvalue weighted by Gasteiger charge is 2.30. The van der Waals surface area contributed by atoms with Crippen LogP contribution in [0.3, 0.4) is 0 Å². The smallest absolute Gasteiger partial charge is 0.0980 e. The van der Waals surface area contributed by atoms with Crippen molar-refractivity contribution in [3.8, 4) is 0 Å². The summed E-state index contributed by atoms with van der Waals surface area (Å²) in [6.45, 7) is 4.10. The maximum absolute atomic E-state index is 6.17. The van der Waals surface area contributed by atoms with Gasteiger partial charge in [0, 0.05) is 6.04 Å². The Kier molecular flexibility index (Phi) is 4.74. The molecule has 1 aliphatic carbocycles. The van der Waals surface area contributed by atoms with E-state index in [0.29, 0.717) is 6.04 Å². The van der Waals surface area contributed by atoms with Gasteiger partial charge in [0.25, 0.3) is 0 Å². The van der Waals surface area contributed by atoms with Gasteiger partial charge >= 0.3 is 0 Å². The van der Waals surface area contributed by atoms with Crippen molar-refractivity contribution in [3.05, 3.63) is 35.4 Å². The van der Waals surface area contributed by atoms with Crippen LogP contribution in [-0.2, 0) is 11.2 Å². The Morgan fingerprint density at radius 1 is 1.25 bits per heavy atom. The summed E-state index contributed by atoms with van der Waals surface area (Å²) in [5.41, 5.74) is 2.90. The molecule has 1 heterocycles. The first-order valence-corrected chi connectivity index (χ1v) is 8.31. The van der Waals surface area contributed by atoms with Gasteiger partial charge in [0.1, 0.15) is 0 Å². The van der Waals surface area contributed by atoms with E-state index in [4.69, 9.17) is 4.74 Å². The van der Waals surface area contributed by atoms with Crippen LogP contribution in [0.5, 0.6) is 0 Å². The molecule has 20 heavy (non-hydrogen) atoms. The third-order valence-electron chi connectivity index (χ3n) is 4.92. The van der Waals surface area contributed by atoms with Gasteiger partial charge in [-0.05, 0) is 36.4 Å². The largest absolute Gasteiger partial charge is 0.372 e. The summed E-state index contributed by atoms with van der Waals surface area (Å²) in [7, 11) is 0. The van der Waals surface area contributed by atoms with Crippen LogP contribution in [0.4, 0.5) is 0 Å². The zero-order chi connectivity index (χ0) is 13.8. The summed E-state index contributed by atoms with van der Waals surface area (Å²) in [5.74, 6) is 0.900. The van der Waals surface area contributed by atoms with E-state index in [1.54, 1.807) is 0 Å². The molecule has 1 aromatic carbocycles. The van der Waals surface area contributed by atoms with Crippen LogP contribution in [0, 0.1) is 5.92 Å². The van der Waals surface area contributed by atoms with Gasteiger partial charge in [0.05, 0.1) is 12.7 Å². The van der Waals surface area contributed by atoms with E-state index in [0.717, 1.165) is 25.5 Å². The number of nitrogens with one attached hydrogen (secondary N) is 1.